The fourth-order valence-corrected chi connectivity index (χ4v) is 0.866. The van der Waals surface area contributed by atoms with Gasteiger partial charge in [-0.3, -0.25) is 0 Å². The van der Waals surface area contributed by atoms with E-state index >= 15 is 0 Å². The van der Waals surface area contributed by atoms with Gasteiger partial charge in [-0.1, -0.05) is 0 Å². The molecule has 0 saturated heterocycles. The van der Waals surface area contributed by atoms with Crippen molar-refractivity contribution in [2.75, 3.05) is 21.3 Å². The third-order valence-corrected chi connectivity index (χ3v) is 1.73. The van der Waals surface area contributed by atoms with Crippen LogP contribution in [0.3, 0.4) is 0 Å². The van der Waals surface area contributed by atoms with E-state index in [1.165, 1.54) is 0 Å². The third-order valence-electron chi connectivity index (χ3n) is 0.577. The second-order valence-electron chi connectivity index (χ2n) is 0.996. The van der Waals surface area contributed by atoms with E-state index in [1.54, 1.807) is 21.3 Å². The molecule has 0 amide bonds. The predicted molar refractivity (Wildman–Crippen MR) is 33.9 cm³/mol. The Morgan fingerprint density at radius 2 is 1.12 bits per heavy atom. The summed E-state index contributed by atoms with van der Waals surface area (Å²) < 4.78 is 14.2. The minimum atomic E-state index is -1.67. The molecule has 3 nitrogen and oxygen atoms in total. The second-order valence-corrected chi connectivity index (χ2v) is 2.99. The summed E-state index contributed by atoms with van der Waals surface area (Å²) in [5.41, 5.74) is 0. The molecule has 0 bridgehead atoms. The molecule has 0 heterocycles. The van der Waals surface area contributed by atoms with Crippen LogP contribution in [0.2, 0.25) is 0 Å². The average molecular weight is 241 g/mol. The van der Waals surface area contributed by atoms with Crippen LogP contribution in [0, 0.1) is 0 Å². The quantitative estimate of drug-likeness (QED) is 0.609. The van der Waals surface area contributed by atoms with Crippen molar-refractivity contribution in [2.24, 2.45) is 0 Å². The fourth-order valence-electron chi connectivity index (χ4n) is 0.289. The van der Waals surface area contributed by atoms with Gasteiger partial charge in [-0.15, -0.1) is 0 Å². The summed E-state index contributed by atoms with van der Waals surface area (Å²) in [6, 6.07) is 0. The molecule has 5 heteroatoms. The molecule has 0 aliphatic rings. The Bertz CT molecular complexity index is 36.0. The summed E-state index contributed by atoms with van der Waals surface area (Å²) >= 11 is 0. The number of hydrogen-bond donors (Lipinski definition) is 0. The maximum Gasteiger partial charge on any atom is 0.483 e. The van der Waals surface area contributed by atoms with E-state index in [-0.39, 0.29) is 23.9 Å². The molecular formula is C3H10O3SiSn. The van der Waals surface area contributed by atoms with Crippen LogP contribution in [-0.2, 0) is 13.3 Å². The Balaban J connectivity index is 0. The van der Waals surface area contributed by atoms with E-state index in [9.17, 15) is 0 Å². The molecule has 48 valence electrons. The molecule has 0 spiro atoms. The zero-order chi connectivity index (χ0) is 5.70. The van der Waals surface area contributed by atoms with Crippen molar-refractivity contribution in [1.29, 1.82) is 0 Å². The summed E-state index contributed by atoms with van der Waals surface area (Å²) in [4.78, 5) is 0. The van der Waals surface area contributed by atoms with Crippen LogP contribution in [0.25, 0.3) is 0 Å². The van der Waals surface area contributed by atoms with Crippen LogP contribution in [0.5, 0.6) is 0 Å². The monoisotopic (exact) mass is 242 g/mol. The van der Waals surface area contributed by atoms with Gasteiger partial charge >= 0.3 is 9.53 Å². The Labute approximate surface area is 68.2 Å². The van der Waals surface area contributed by atoms with Crippen molar-refractivity contribution in [2.45, 2.75) is 0 Å². The van der Waals surface area contributed by atoms with Crippen molar-refractivity contribution >= 4 is 33.4 Å². The van der Waals surface area contributed by atoms with Gasteiger partial charge in [-0.2, -0.15) is 0 Å². The minimum Gasteiger partial charge on any atom is -0.379 e. The number of rotatable bonds is 3. The van der Waals surface area contributed by atoms with Gasteiger partial charge in [0, 0.05) is 45.2 Å². The first-order valence-corrected chi connectivity index (χ1v) is 3.35. The number of hydrogen-bond acceptors (Lipinski definition) is 3. The van der Waals surface area contributed by atoms with Gasteiger partial charge in [0.1, 0.15) is 0 Å². The molecule has 0 aromatic rings. The molecule has 8 heavy (non-hydrogen) atoms. The van der Waals surface area contributed by atoms with E-state index in [0.717, 1.165) is 0 Å². The van der Waals surface area contributed by atoms with Gasteiger partial charge in [-0.25, -0.2) is 0 Å². The Morgan fingerprint density at radius 1 is 0.875 bits per heavy atom. The zero-order valence-electron chi connectivity index (χ0n) is 5.30. The second kappa shape index (κ2) is 7.90. The fraction of sp³-hybridized carbons (Fsp3) is 1.00. The topological polar surface area (TPSA) is 27.7 Å². The molecule has 0 fully saturated rings. The largest absolute Gasteiger partial charge is 0.483 e. The van der Waals surface area contributed by atoms with Gasteiger partial charge in [0.15, 0.2) is 0 Å². The van der Waals surface area contributed by atoms with Crippen LogP contribution in [0.4, 0.5) is 0 Å². The van der Waals surface area contributed by atoms with E-state index in [1.807, 2.05) is 0 Å². The first-order valence-electron chi connectivity index (χ1n) is 1.93. The zero-order valence-corrected chi connectivity index (χ0v) is 9.31. The molecule has 0 aliphatic carbocycles. The third kappa shape index (κ3) is 5.04. The normalized spacial score (nSPS) is 9.00. The molecule has 0 N–H and O–H groups in total. The maximum atomic E-state index is 4.74. The van der Waals surface area contributed by atoms with Crippen molar-refractivity contribution in [3.63, 3.8) is 0 Å². The van der Waals surface area contributed by atoms with Gasteiger partial charge in [0.05, 0.1) is 0 Å². The molecule has 0 saturated carbocycles. The van der Waals surface area contributed by atoms with Gasteiger partial charge < -0.3 is 13.3 Å². The van der Waals surface area contributed by atoms with Crippen LogP contribution in [-0.4, -0.2) is 54.8 Å². The molecule has 0 atom stereocenters. The average Bonchev–Trinajstić information content (AvgIpc) is 1.72. The molecule has 4 radical (unpaired) electrons. The Hall–Kier alpha value is 0.896. The minimum absolute atomic E-state index is 0. The summed E-state index contributed by atoms with van der Waals surface area (Å²) in [5, 5.41) is 0. The van der Waals surface area contributed by atoms with Crippen molar-refractivity contribution < 1.29 is 13.3 Å². The Morgan fingerprint density at radius 3 is 1.12 bits per heavy atom. The van der Waals surface area contributed by atoms with E-state index < -0.39 is 9.53 Å². The smallest absolute Gasteiger partial charge is 0.379 e. The predicted octanol–water partition coefficient (Wildman–Crippen LogP) is -0.738. The molecular weight excluding hydrogens is 231 g/mol. The van der Waals surface area contributed by atoms with Crippen molar-refractivity contribution in [1.82, 2.24) is 0 Å². The molecule has 0 aromatic heterocycles. The van der Waals surface area contributed by atoms with Crippen LogP contribution in [0.15, 0.2) is 0 Å². The van der Waals surface area contributed by atoms with Crippen LogP contribution in [0.1, 0.15) is 0 Å². The van der Waals surface area contributed by atoms with Crippen molar-refractivity contribution in [3.05, 3.63) is 0 Å². The summed E-state index contributed by atoms with van der Waals surface area (Å²) in [6.45, 7) is 0. The SMILES string of the molecule is CO[SiH](OC)OC.[Sn]. The van der Waals surface area contributed by atoms with Crippen LogP contribution < -0.4 is 0 Å². The van der Waals surface area contributed by atoms with Crippen LogP contribution >= 0.6 is 0 Å². The molecule has 0 aliphatic heterocycles. The van der Waals surface area contributed by atoms with E-state index in [0.29, 0.717) is 0 Å². The standard InChI is InChI=1S/C3H10O3Si.Sn/c1-4-7(5-2)6-3;/h7H,1-3H3;. The van der Waals surface area contributed by atoms with Crippen molar-refractivity contribution in [3.8, 4) is 0 Å². The molecule has 0 aromatic carbocycles. The summed E-state index contributed by atoms with van der Waals surface area (Å²) in [6.07, 6.45) is 0. The van der Waals surface area contributed by atoms with Gasteiger partial charge in [0.25, 0.3) is 0 Å². The Kier molecular flexibility index (Phi) is 11.5. The first-order chi connectivity index (χ1) is 3.35. The van der Waals surface area contributed by atoms with Gasteiger partial charge in [-0.05, 0) is 0 Å². The van der Waals surface area contributed by atoms with Gasteiger partial charge in [0.2, 0.25) is 0 Å². The summed E-state index contributed by atoms with van der Waals surface area (Å²) in [5.74, 6) is 0. The molecule has 0 unspecified atom stereocenters. The van der Waals surface area contributed by atoms with E-state index in [2.05, 4.69) is 0 Å². The maximum absolute atomic E-state index is 4.74. The summed E-state index contributed by atoms with van der Waals surface area (Å²) in [7, 11) is 3.05. The first kappa shape index (κ1) is 11.7. The van der Waals surface area contributed by atoms with E-state index in [4.69, 9.17) is 13.3 Å². The molecule has 0 rings (SSSR count).